The number of hydrogen-bond acceptors (Lipinski definition) is 3. The minimum absolute atomic E-state index is 0.132. The lowest BCUT2D eigenvalue weighted by Crippen LogP contribution is -2.50. The Morgan fingerprint density at radius 1 is 1.53 bits per heavy atom. The zero-order valence-corrected chi connectivity index (χ0v) is 10.4. The van der Waals surface area contributed by atoms with Crippen molar-refractivity contribution in [2.75, 3.05) is 13.7 Å². The van der Waals surface area contributed by atoms with E-state index in [2.05, 4.69) is 6.07 Å². The number of carbonyl (C=O) groups is 1. The van der Waals surface area contributed by atoms with Crippen molar-refractivity contribution in [3.63, 3.8) is 0 Å². The lowest BCUT2D eigenvalue weighted by atomic mass is 9.58. The van der Waals surface area contributed by atoms with Gasteiger partial charge in [-0.15, -0.1) is 0 Å². The van der Waals surface area contributed by atoms with E-state index in [0.717, 1.165) is 18.4 Å². The fourth-order valence-corrected chi connectivity index (χ4v) is 2.75. The minimum Gasteiger partial charge on any atom is -0.468 e. The van der Waals surface area contributed by atoms with Gasteiger partial charge in [-0.25, -0.2) is 0 Å². The number of rotatable bonds is 3. The van der Waals surface area contributed by atoms with Crippen LogP contribution in [-0.2, 0) is 14.9 Å². The Morgan fingerprint density at radius 2 is 2.24 bits per heavy atom. The van der Waals surface area contributed by atoms with Crippen LogP contribution >= 0.6 is 0 Å². The Morgan fingerprint density at radius 3 is 2.76 bits per heavy atom. The largest absolute Gasteiger partial charge is 0.468 e. The third-order valence-electron chi connectivity index (χ3n) is 3.75. The number of nitrogens with two attached hydrogens (primary N) is 1. The highest BCUT2D eigenvalue weighted by Crippen LogP contribution is 2.48. The normalized spacial score (nSPS) is 27.4. The van der Waals surface area contributed by atoms with Crippen LogP contribution in [0.3, 0.4) is 0 Å². The molecule has 3 nitrogen and oxygen atoms in total. The molecule has 1 fully saturated rings. The molecule has 1 aromatic carbocycles. The van der Waals surface area contributed by atoms with E-state index in [1.165, 1.54) is 12.7 Å². The smallest absolute Gasteiger partial charge is 0.316 e. The van der Waals surface area contributed by atoms with Gasteiger partial charge in [0.25, 0.3) is 0 Å². The molecule has 1 saturated carbocycles. The maximum Gasteiger partial charge on any atom is 0.316 e. The molecule has 0 radical (unpaired) electrons. The summed E-state index contributed by atoms with van der Waals surface area (Å²) < 4.78 is 4.96. The molecule has 1 aliphatic rings. The summed E-state index contributed by atoms with van der Waals surface area (Å²) >= 11 is 0. The molecule has 0 unspecified atom stereocenters. The molecular formula is C14H19NO2. The molecule has 1 aliphatic carbocycles. The summed E-state index contributed by atoms with van der Waals surface area (Å²) in [4.78, 5) is 12.0. The predicted octanol–water partition coefficient (Wildman–Crippen LogP) is 1.77. The lowest BCUT2D eigenvalue weighted by Gasteiger charge is -2.45. The maximum atomic E-state index is 12.0. The molecule has 0 heterocycles. The molecule has 3 heteroatoms. The highest BCUT2D eigenvalue weighted by Gasteiger charge is 2.51. The molecule has 0 saturated heterocycles. The summed E-state index contributed by atoms with van der Waals surface area (Å²) in [5.74, 6) is 0.308. The number of hydrogen-bond donors (Lipinski definition) is 1. The second-order valence-electron chi connectivity index (χ2n) is 4.95. The van der Waals surface area contributed by atoms with Gasteiger partial charge in [0.05, 0.1) is 12.5 Å². The number of carbonyl (C=O) groups excluding carboxylic acids is 1. The van der Waals surface area contributed by atoms with E-state index in [0.29, 0.717) is 12.5 Å². The van der Waals surface area contributed by atoms with Gasteiger partial charge in [-0.3, -0.25) is 4.79 Å². The van der Waals surface area contributed by atoms with Crippen LogP contribution in [0, 0.1) is 12.8 Å². The van der Waals surface area contributed by atoms with Crippen molar-refractivity contribution < 1.29 is 9.53 Å². The Balaban J connectivity index is 2.33. The summed E-state index contributed by atoms with van der Waals surface area (Å²) in [5, 5.41) is 0. The van der Waals surface area contributed by atoms with Gasteiger partial charge in [-0.2, -0.15) is 0 Å². The van der Waals surface area contributed by atoms with Crippen LogP contribution in [0.4, 0.5) is 0 Å². The van der Waals surface area contributed by atoms with Gasteiger partial charge in [0.15, 0.2) is 0 Å². The van der Waals surface area contributed by atoms with E-state index in [4.69, 9.17) is 10.5 Å². The summed E-state index contributed by atoms with van der Waals surface area (Å²) in [6, 6.07) is 8.11. The fourth-order valence-electron chi connectivity index (χ4n) is 2.75. The number of ether oxygens (including phenoxy) is 1. The third kappa shape index (κ3) is 1.95. The first-order chi connectivity index (χ1) is 8.12. The van der Waals surface area contributed by atoms with Crippen molar-refractivity contribution in [2.45, 2.75) is 25.2 Å². The zero-order chi connectivity index (χ0) is 12.5. The van der Waals surface area contributed by atoms with Crippen LogP contribution in [0.1, 0.15) is 24.0 Å². The maximum absolute atomic E-state index is 12.0. The van der Waals surface area contributed by atoms with Gasteiger partial charge in [-0.1, -0.05) is 29.8 Å². The molecule has 2 N–H and O–H groups in total. The molecular weight excluding hydrogens is 214 g/mol. The summed E-state index contributed by atoms with van der Waals surface area (Å²) in [6.45, 7) is 2.68. The first kappa shape index (κ1) is 12.1. The van der Waals surface area contributed by atoms with Crippen LogP contribution in [0.25, 0.3) is 0 Å². The van der Waals surface area contributed by atoms with Gasteiger partial charge in [-0.05, 0) is 37.8 Å². The minimum atomic E-state index is -0.454. The summed E-state index contributed by atoms with van der Waals surface area (Å²) in [6.07, 6.45) is 1.61. The van der Waals surface area contributed by atoms with E-state index < -0.39 is 5.41 Å². The topological polar surface area (TPSA) is 52.3 Å². The van der Waals surface area contributed by atoms with E-state index in [1.54, 1.807) is 0 Å². The van der Waals surface area contributed by atoms with Crippen LogP contribution in [0.5, 0.6) is 0 Å². The molecule has 2 rings (SSSR count). The number of methoxy groups -OCH3 is 1. The van der Waals surface area contributed by atoms with Gasteiger partial charge in [0.1, 0.15) is 0 Å². The Hall–Kier alpha value is -1.35. The molecule has 0 aromatic heterocycles. The number of aryl methyl sites for hydroxylation is 1. The molecule has 0 aliphatic heterocycles. The SMILES string of the molecule is COC(=O)C1(c2cccc(C)c2)CC(CN)C1. The number of esters is 1. The van der Waals surface area contributed by atoms with Crippen LogP contribution in [-0.4, -0.2) is 19.6 Å². The highest BCUT2D eigenvalue weighted by molar-refractivity contribution is 5.84. The van der Waals surface area contributed by atoms with Gasteiger partial charge >= 0.3 is 5.97 Å². The standard InChI is InChI=1S/C14H19NO2/c1-10-4-3-5-12(6-10)14(13(16)17-2)7-11(8-14)9-15/h3-6,11H,7-9,15H2,1-2H3. The van der Waals surface area contributed by atoms with E-state index in [1.807, 2.05) is 25.1 Å². The van der Waals surface area contributed by atoms with Crippen LogP contribution in [0.15, 0.2) is 24.3 Å². The van der Waals surface area contributed by atoms with Crippen LogP contribution in [0.2, 0.25) is 0 Å². The molecule has 0 atom stereocenters. The van der Waals surface area contributed by atoms with E-state index in [-0.39, 0.29) is 5.97 Å². The van der Waals surface area contributed by atoms with Crippen molar-refractivity contribution in [3.8, 4) is 0 Å². The molecule has 0 spiro atoms. The second-order valence-corrected chi connectivity index (χ2v) is 4.95. The summed E-state index contributed by atoms with van der Waals surface area (Å²) in [5.41, 5.74) is 7.43. The lowest BCUT2D eigenvalue weighted by molar-refractivity contribution is -0.153. The van der Waals surface area contributed by atoms with E-state index in [9.17, 15) is 4.79 Å². The first-order valence-electron chi connectivity index (χ1n) is 5.98. The Kier molecular flexibility index (Phi) is 3.20. The van der Waals surface area contributed by atoms with Crippen molar-refractivity contribution >= 4 is 5.97 Å². The predicted molar refractivity (Wildman–Crippen MR) is 66.7 cm³/mol. The quantitative estimate of drug-likeness (QED) is 0.810. The molecule has 0 bridgehead atoms. The fraction of sp³-hybridized carbons (Fsp3) is 0.500. The average Bonchev–Trinajstić information content (AvgIpc) is 2.28. The van der Waals surface area contributed by atoms with Gasteiger partial charge in [0, 0.05) is 0 Å². The molecule has 17 heavy (non-hydrogen) atoms. The number of benzene rings is 1. The Bertz CT molecular complexity index is 422. The molecule has 1 aromatic rings. The molecule has 0 amide bonds. The molecule has 92 valence electrons. The van der Waals surface area contributed by atoms with Gasteiger partial charge in [0.2, 0.25) is 0 Å². The monoisotopic (exact) mass is 233 g/mol. The van der Waals surface area contributed by atoms with Crippen molar-refractivity contribution in [3.05, 3.63) is 35.4 Å². The third-order valence-corrected chi connectivity index (χ3v) is 3.75. The zero-order valence-electron chi connectivity index (χ0n) is 10.4. The summed E-state index contributed by atoms with van der Waals surface area (Å²) in [7, 11) is 1.45. The van der Waals surface area contributed by atoms with E-state index >= 15 is 0 Å². The average molecular weight is 233 g/mol. The van der Waals surface area contributed by atoms with Crippen molar-refractivity contribution in [1.29, 1.82) is 0 Å². The van der Waals surface area contributed by atoms with Crippen molar-refractivity contribution in [1.82, 2.24) is 0 Å². The first-order valence-corrected chi connectivity index (χ1v) is 5.98. The van der Waals surface area contributed by atoms with Gasteiger partial charge < -0.3 is 10.5 Å². The highest BCUT2D eigenvalue weighted by atomic mass is 16.5. The van der Waals surface area contributed by atoms with Crippen molar-refractivity contribution in [2.24, 2.45) is 11.7 Å². The second kappa shape index (κ2) is 4.49. The van der Waals surface area contributed by atoms with Crippen LogP contribution < -0.4 is 5.73 Å². The Labute approximate surface area is 102 Å².